The van der Waals surface area contributed by atoms with E-state index in [4.69, 9.17) is 0 Å². The van der Waals surface area contributed by atoms with Gasteiger partial charge in [-0.25, -0.2) is 9.82 Å². The first-order valence-corrected chi connectivity index (χ1v) is 10.3. The second kappa shape index (κ2) is 12.8. The Morgan fingerprint density at radius 3 is 2.39 bits per heavy atom. The number of aromatic nitrogens is 2. The van der Waals surface area contributed by atoms with E-state index in [0.717, 1.165) is 24.0 Å². The third-order valence-electron chi connectivity index (χ3n) is 4.71. The molecule has 0 fully saturated rings. The molecule has 1 aromatic heterocycles. The lowest BCUT2D eigenvalue weighted by molar-refractivity contribution is -0.121. The molecule has 5 nitrogen and oxygen atoms in total. The fourth-order valence-electron chi connectivity index (χ4n) is 3.07. The molecule has 0 radical (unpaired) electrons. The third-order valence-corrected chi connectivity index (χ3v) is 4.71. The van der Waals surface area contributed by atoms with Crippen molar-refractivity contribution in [1.82, 2.24) is 15.6 Å². The molecule has 1 aromatic carbocycles. The van der Waals surface area contributed by atoms with E-state index >= 15 is 0 Å². The number of unbranched alkanes of at least 4 members (excludes halogenated alkanes) is 8. The molecular formula is C22H31FN4O. The summed E-state index contributed by atoms with van der Waals surface area (Å²) in [5.41, 5.74) is 4.85. The van der Waals surface area contributed by atoms with Gasteiger partial charge in [0.05, 0.1) is 18.1 Å². The molecule has 2 N–H and O–H groups in total. The number of H-pyrrole nitrogens is 1. The maximum absolute atomic E-state index is 13.1. The average molecular weight is 387 g/mol. The zero-order valence-corrected chi connectivity index (χ0v) is 16.7. The number of aromatic amines is 1. The summed E-state index contributed by atoms with van der Waals surface area (Å²) >= 11 is 0. The van der Waals surface area contributed by atoms with Gasteiger partial charge >= 0.3 is 0 Å². The number of benzene rings is 1. The second-order valence-electron chi connectivity index (χ2n) is 7.08. The quantitative estimate of drug-likeness (QED) is 0.268. The van der Waals surface area contributed by atoms with Crippen LogP contribution in [0.4, 0.5) is 4.39 Å². The minimum absolute atomic E-state index is 0.0814. The van der Waals surface area contributed by atoms with E-state index in [0.29, 0.717) is 12.1 Å². The van der Waals surface area contributed by atoms with E-state index in [-0.39, 0.29) is 11.7 Å². The molecular weight excluding hydrogens is 355 g/mol. The van der Waals surface area contributed by atoms with Crippen molar-refractivity contribution in [2.45, 2.75) is 71.1 Å². The van der Waals surface area contributed by atoms with Gasteiger partial charge in [-0.1, -0.05) is 70.4 Å². The largest absolute Gasteiger partial charge is 0.276 e. The number of hydrazone groups is 1. The first-order chi connectivity index (χ1) is 13.7. The van der Waals surface area contributed by atoms with Crippen molar-refractivity contribution >= 4 is 12.1 Å². The van der Waals surface area contributed by atoms with E-state index < -0.39 is 0 Å². The van der Waals surface area contributed by atoms with Crippen LogP contribution in [0.5, 0.6) is 0 Å². The Kier molecular flexibility index (Phi) is 9.97. The molecule has 1 amide bonds. The highest BCUT2D eigenvalue weighted by Crippen LogP contribution is 2.21. The molecule has 0 aliphatic rings. The molecule has 152 valence electrons. The number of nitrogens with one attached hydrogen (secondary N) is 2. The highest BCUT2D eigenvalue weighted by molar-refractivity contribution is 5.88. The molecule has 2 rings (SSSR count). The minimum Gasteiger partial charge on any atom is -0.276 e. The second-order valence-corrected chi connectivity index (χ2v) is 7.08. The Hall–Kier alpha value is -2.50. The summed E-state index contributed by atoms with van der Waals surface area (Å²) in [6.45, 7) is 2.23. The molecule has 6 heteroatoms. The van der Waals surface area contributed by atoms with E-state index in [9.17, 15) is 9.18 Å². The maximum atomic E-state index is 13.1. The Balaban J connectivity index is 1.63. The predicted molar refractivity (Wildman–Crippen MR) is 112 cm³/mol. The summed E-state index contributed by atoms with van der Waals surface area (Å²) < 4.78 is 13.1. The first-order valence-electron chi connectivity index (χ1n) is 10.3. The van der Waals surface area contributed by atoms with Crippen LogP contribution in [0.2, 0.25) is 0 Å². The van der Waals surface area contributed by atoms with Crippen LogP contribution in [0.15, 0.2) is 35.6 Å². The van der Waals surface area contributed by atoms with Gasteiger partial charge < -0.3 is 0 Å². The highest BCUT2D eigenvalue weighted by Gasteiger charge is 2.06. The molecule has 0 aliphatic carbocycles. The summed E-state index contributed by atoms with van der Waals surface area (Å²) in [4.78, 5) is 11.9. The summed E-state index contributed by atoms with van der Waals surface area (Å²) in [5, 5.41) is 10.8. The van der Waals surface area contributed by atoms with Crippen LogP contribution in [-0.2, 0) is 4.79 Å². The van der Waals surface area contributed by atoms with Gasteiger partial charge in [0.15, 0.2) is 0 Å². The molecule has 0 aliphatic heterocycles. The third kappa shape index (κ3) is 8.03. The SMILES string of the molecule is CCCCCCCCCCCC(=O)NN=Cc1[nH]ncc1-c1ccc(F)cc1. The number of carbonyl (C=O) groups is 1. The molecule has 0 saturated carbocycles. The summed E-state index contributed by atoms with van der Waals surface area (Å²) in [6, 6.07) is 6.16. The number of rotatable bonds is 13. The van der Waals surface area contributed by atoms with E-state index in [2.05, 4.69) is 27.6 Å². The van der Waals surface area contributed by atoms with Crippen LogP contribution in [0, 0.1) is 5.82 Å². The van der Waals surface area contributed by atoms with E-state index in [1.54, 1.807) is 18.3 Å². The van der Waals surface area contributed by atoms with Crippen LogP contribution in [-0.4, -0.2) is 22.3 Å². The van der Waals surface area contributed by atoms with Crippen LogP contribution in [0.3, 0.4) is 0 Å². The molecule has 0 unspecified atom stereocenters. The Morgan fingerprint density at radius 1 is 1.07 bits per heavy atom. The van der Waals surface area contributed by atoms with Crippen molar-refractivity contribution in [2.24, 2.45) is 5.10 Å². The monoisotopic (exact) mass is 386 g/mol. The fourth-order valence-corrected chi connectivity index (χ4v) is 3.07. The van der Waals surface area contributed by atoms with Crippen LogP contribution >= 0.6 is 0 Å². The van der Waals surface area contributed by atoms with Crippen LogP contribution in [0.25, 0.3) is 11.1 Å². The van der Waals surface area contributed by atoms with E-state index in [1.165, 1.54) is 63.3 Å². The smallest absolute Gasteiger partial charge is 0.240 e. The zero-order chi connectivity index (χ0) is 20.0. The Morgan fingerprint density at radius 2 is 1.71 bits per heavy atom. The molecule has 0 spiro atoms. The van der Waals surface area contributed by atoms with Crippen molar-refractivity contribution in [3.8, 4) is 11.1 Å². The molecule has 1 heterocycles. The van der Waals surface area contributed by atoms with Crippen LogP contribution < -0.4 is 5.43 Å². The van der Waals surface area contributed by atoms with Crippen molar-refractivity contribution in [2.75, 3.05) is 0 Å². The minimum atomic E-state index is -0.286. The van der Waals surface area contributed by atoms with Crippen molar-refractivity contribution in [3.05, 3.63) is 42.0 Å². The number of carbonyl (C=O) groups excluding carboxylic acids is 1. The van der Waals surface area contributed by atoms with E-state index in [1.807, 2.05) is 0 Å². The van der Waals surface area contributed by atoms with Gasteiger partial charge in [0.25, 0.3) is 0 Å². The zero-order valence-electron chi connectivity index (χ0n) is 16.7. The standard InChI is InChI=1S/C22H31FN4O/c1-2-3-4-5-6-7-8-9-10-11-22(28)27-25-17-21-20(16-24-26-21)18-12-14-19(23)15-13-18/h12-17H,2-11H2,1H3,(H,24,26)(H,27,28). The molecule has 28 heavy (non-hydrogen) atoms. The van der Waals surface area contributed by atoms with Gasteiger partial charge in [-0.3, -0.25) is 9.89 Å². The van der Waals surface area contributed by atoms with Gasteiger partial charge in [0.2, 0.25) is 5.91 Å². The normalized spacial score (nSPS) is 11.2. The van der Waals surface area contributed by atoms with Gasteiger partial charge in [0.1, 0.15) is 5.82 Å². The van der Waals surface area contributed by atoms with Gasteiger partial charge in [0, 0.05) is 12.0 Å². The fraction of sp³-hybridized carbons (Fsp3) is 0.500. The van der Waals surface area contributed by atoms with Gasteiger partial charge in [-0.15, -0.1) is 0 Å². The first kappa shape index (κ1) is 21.8. The Labute approximate surface area is 166 Å². The van der Waals surface area contributed by atoms with Crippen molar-refractivity contribution in [3.63, 3.8) is 0 Å². The summed E-state index contributed by atoms with van der Waals surface area (Å²) in [6.07, 6.45) is 14.7. The lowest BCUT2D eigenvalue weighted by Crippen LogP contribution is -2.17. The molecule has 0 atom stereocenters. The van der Waals surface area contributed by atoms with Gasteiger partial charge in [-0.2, -0.15) is 10.2 Å². The average Bonchev–Trinajstić information content (AvgIpc) is 3.16. The van der Waals surface area contributed by atoms with Crippen molar-refractivity contribution < 1.29 is 9.18 Å². The lowest BCUT2D eigenvalue weighted by atomic mass is 10.1. The Bertz CT molecular complexity index is 724. The number of amides is 1. The molecule has 0 bridgehead atoms. The number of hydrogen-bond donors (Lipinski definition) is 2. The predicted octanol–water partition coefficient (Wildman–Crippen LogP) is 5.59. The van der Waals surface area contributed by atoms with Crippen molar-refractivity contribution in [1.29, 1.82) is 0 Å². The lowest BCUT2D eigenvalue weighted by Gasteiger charge is -2.02. The maximum Gasteiger partial charge on any atom is 0.240 e. The number of nitrogens with zero attached hydrogens (tertiary/aromatic N) is 2. The van der Waals surface area contributed by atoms with Gasteiger partial charge in [-0.05, 0) is 24.1 Å². The number of hydrogen-bond acceptors (Lipinski definition) is 3. The molecule has 0 saturated heterocycles. The highest BCUT2D eigenvalue weighted by atomic mass is 19.1. The topological polar surface area (TPSA) is 70.1 Å². The molecule has 2 aromatic rings. The summed E-state index contributed by atoms with van der Waals surface area (Å²) in [5.74, 6) is -0.367. The number of halogens is 1. The summed E-state index contributed by atoms with van der Waals surface area (Å²) in [7, 11) is 0. The van der Waals surface area contributed by atoms with Crippen LogP contribution in [0.1, 0.15) is 76.8 Å².